The minimum Gasteiger partial charge on any atom is -0.444 e. The van der Waals surface area contributed by atoms with Crippen molar-refractivity contribution in [3.8, 4) is 0 Å². The predicted molar refractivity (Wildman–Crippen MR) is 90.9 cm³/mol. The molecule has 7 heteroatoms. The van der Waals surface area contributed by atoms with Crippen LogP contribution in [0.5, 0.6) is 0 Å². The average molecular weight is 360 g/mol. The number of likely N-dealkylation sites (tertiary alicyclic amines) is 1. The second kappa shape index (κ2) is 6.89. The summed E-state index contributed by atoms with van der Waals surface area (Å²) in [5.74, 6) is 0. The number of benzene rings is 1. The summed E-state index contributed by atoms with van der Waals surface area (Å²) in [6, 6.07) is 7.23. The molecule has 0 aromatic heterocycles. The summed E-state index contributed by atoms with van der Waals surface area (Å²) in [5.41, 5.74) is -1.96. The number of rotatable bonds is 3. The zero-order valence-corrected chi connectivity index (χ0v) is 15.0. The summed E-state index contributed by atoms with van der Waals surface area (Å²) < 4.78 is 5.34. The van der Waals surface area contributed by atoms with Crippen LogP contribution in [-0.4, -0.2) is 57.4 Å². The third-order valence-electron chi connectivity index (χ3n) is 3.47. The lowest BCUT2D eigenvalue weighted by atomic mass is 10.1. The highest BCUT2D eigenvalue weighted by Crippen LogP contribution is 2.37. The molecular weight excluding hydrogens is 338 g/mol. The summed E-state index contributed by atoms with van der Waals surface area (Å²) in [6.45, 7) is 5.30. The molecule has 1 fully saturated rings. The van der Waals surface area contributed by atoms with Crippen molar-refractivity contribution in [3.63, 3.8) is 0 Å². The Balaban J connectivity index is 2.09. The lowest BCUT2D eigenvalue weighted by Gasteiger charge is -2.26. The zero-order chi connectivity index (χ0) is 17.3. The maximum absolute atomic E-state index is 12.2. The number of carbonyl (C=O) groups excluding carboxylic acids is 1. The normalized spacial score (nSPS) is 24.8. The number of aliphatic hydroxyl groups is 2. The maximum Gasteiger partial charge on any atom is 0.410 e. The van der Waals surface area contributed by atoms with Crippen LogP contribution in [0.25, 0.3) is 0 Å². The molecule has 2 atom stereocenters. The molecule has 0 saturated carbocycles. The standard InChI is InChI=1S/C16H22ClNO4S/c1-15(2,3)22-14(20)18-8-13(16(21,9-18)10-19)23-12-6-4-11(17)5-7-12/h4-7,13,19,21H,8-10H2,1-3H3. The monoisotopic (exact) mass is 359 g/mol. The van der Waals surface area contributed by atoms with Crippen molar-refractivity contribution in [1.29, 1.82) is 0 Å². The number of aliphatic hydroxyl groups excluding tert-OH is 1. The number of thioether (sulfide) groups is 1. The Morgan fingerprint density at radius 3 is 2.57 bits per heavy atom. The molecule has 1 aromatic carbocycles. The maximum atomic E-state index is 12.2. The molecular formula is C16H22ClNO4S. The molecule has 1 aliphatic rings. The third kappa shape index (κ3) is 4.76. The Morgan fingerprint density at radius 1 is 1.43 bits per heavy atom. The Morgan fingerprint density at radius 2 is 2.04 bits per heavy atom. The lowest BCUT2D eigenvalue weighted by molar-refractivity contribution is -0.00976. The fraction of sp³-hybridized carbons (Fsp3) is 0.562. The van der Waals surface area contributed by atoms with Crippen LogP contribution in [-0.2, 0) is 4.74 Å². The highest BCUT2D eigenvalue weighted by atomic mass is 35.5. The molecule has 0 bridgehead atoms. The van der Waals surface area contributed by atoms with Crippen molar-refractivity contribution in [3.05, 3.63) is 29.3 Å². The second-order valence-electron chi connectivity index (χ2n) is 6.68. The molecule has 1 heterocycles. The number of carbonyl (C=O) groups is 1. The van der Waals surface area contributed by atoms with Gasteiger partial charge in [-0.15, -0.1) is 11.8 Å². The van der Waals surface area contributed by atoms with Crippen LogP contribution < -0.4 is 0 Å². The number of nitrogens with zero attached hydrogens (tertiary/aromatic N) is 1. The number of amides is 1. The lowest BCUT2D eigenvalue weighted by Crippen LogP contribution is -2.44. The number of halogens is 1. The molecule has 2 rings (SSSR count). The van der Waals surface area contributed by atoms with Crippen LogP contribution >= 0.6 is 23.4 Å². The molecule has 0 radical (unpaired) electrons. The minimum atomic E-state index is -1.36. The van der Waals surface area contributed by atoms with Gasteiger partial charge in [-0.05, 0) is 45.0 Å². The van der Waals surface area contributed by atoms with E-state index in [0.29, 0.717) is 11.6 Å². The summed E-state index contributed by atoms with van der Waals surface area (Å²) in [7, 11) is 0. The van der Waals surface area contributed by atoms with Crippen molar-refractivity contribution in [1.82, 2.24) is 4.90 Å². The fourth-order valence-electron chi connectivity index (χ4n) is 2.31. The number of hydrogen-bond acceptors (Lipinski definition) is 5. The molecule has 1 aromatic rings. The SMILES string of the molecule is CC(C)(C)OC(=O)N1CC(Sc2ccc(Cl)cc2)C(O)(CO)C1. The van der Waals surface area contributed by atoms with E-state index in [-0.39, 0.29) is 11.8 Å². The minimum absolute atomic E-state index is 0.0453. The second-order valence-corrected chi connectivity index (χ2v) is 8.40. The van der Waals surface area contributed by atoms with Gasteiger partial charge in [-0.1, -0.05) is 11.6 Å². The van der Waals surface area contributed by atoms with Gasteiger partial charge in [0.05, 0.1) is 18.4 Å². The van der Waals surface area contributed by atoms with Gasteiger partial charge in [-0.25, -0.2) is 4.79 Å². The van der Waals surface area contributed by atoms with Gasteiger partial charge >= 0.3 is 6.09 Å². The molecule has 2 unspecified atom stereocenters. The van der Waals surface area contributed by atoms with E-state index in [1.54, 1.807) is 32.9 Å². The predicted octanol–water partition coefficient (Wildman–Crippen LogP) is 2.77. The van der Waals surface area contributed by atoms with Crippen LogP contribution in [0.3, 0.4) is 0 Å². The summed E-state index contributed by atoms with van der Waals surface area (Å²) in [6.07, 6.45) is -0.483. The summed E-state index contributed by atoms with van der Waals surface area (Å²) in [4.78, 5) is 14.5. The van der Waals surface area contributed by atoms with Crippen LogP contribution in [0.4, 0.5) is 4.79 Å². The smallest absolute Gasteiger partial charge is 0.410 e. The van der Waals surface area contributed by atoms with E-state index in [2.05, 4.69) is 0 Å². The molecule has 1 saturated heterocycles. The quantitative estimate of drug-likeness (QED) is 0.868. The molecule has 23 heavy (non-hydrogen) atoms. The fourth-order valence-corrected chi connectivity index (χ4v) is 3.68. The van der Waals surface area contributed by atoms with Crippen molar-refractivity contribution >= 4 is 29.5 Å². The molecule has 1 aliphatic heterocycles. The van der Waals surface area contributed by atoms with Gasteiger partial charge in [0.1, 0.15) is 11.2 Å². The van der Waals surface area contributed by atoms with Gasteiger partial charge in [0.15, 0.2) is 0 Å². The Kier molecular flexibility index (Phi) is 5.51. The Bertz CT molecular complexity index is 560. The van der Waals surface area contributed by atoms with Gasteiger partial charge in [0, 0.05) is 16.5 Å². The van der Waals surface area contributed by atoms with Crippen molar-refractivity contribution in [2.24, 2.45) is 0 Å². The van der Waals surface area contributed by atoms with E-state index in [1.165, 1.54) is 16.7 Å². The molecule has 5 nitrogen and oxygen atoms in total. The average Bonchev–Trinajstić information content (AvgIpc) is 2.78. The van der Waals surface area contributed by atoms with E-state index in [9.17, 15) is 15.0 Å². The van der Waals surface area contributed by atoms with Crippen molar-refractivity contribution < 1.29 is 19.7 Å². The molecule has 128 valence electrons. The number of ether oxygens (including phenoxy) is 1. The Labute approximate surface area is 145 Å². The van der Waals surface area contributed by atoms with Crippen LogP contribution in [0.2, 0.25) is 5.02 Å². The zero-order valence-electron chi connectivity index (χ0n) is 13.5. The molecule has 0 aliphatic carbocycles. The molecule has 1 amide bonds. The van der Waals surface area contributed by atoms with E-state index >= 15 is 0 Å². The molecule has 0 spiro atoms. The van der Waals surface area contributed by atoms with Gasteiger partial charge in [0.25, 0.3) is 0 Å². The first-order chi connectivity index (χ1) is 10.6. The van der Waals surface area contributed by atoms with Crippen molar-refractivity contribution in [2.45, 2.75) is 42.1 Å². The Hall–Kier alpha value is -0.950. The number of β-amino-alcohol motifs (C(OH)–C–C–N with tert-alkyl or cyclic N) is 1. The van der Waals surface area contributed by atoms with Crippen molar-refractivity contribution in [2.75, 3.05) is 19.7 Å². The van der Waals surface area contributed by atoms with Gasteiger partial charge < -0.3 is 19.8 Å². The number of hydrogen-bond donors (Lipinski definition) is 2. The highest BCUT2D eigenvalue weighted by Gasteiger charge is 2.48. The van der Waals surface area contributed by atoms with Crippen LogP contribution in [0, 0.1) is 0 Å². The van der Waals surface area contributed by atoms with Crippen LogP contribution in [0.15, 0.2) is 29.2 Å². The largest absolute Gasteiger partial charge is 0.444 e. The van der Waals surface area contributed by atoms with Gasteiger partial charge in [0.2, 0.25) is 0 Å². The summed E-state index contributed by atoms with van der Waals surface area (Å²) >= 11 is 7.28. The summed E-state index contributed by atoms with van der Waals surface area (Å²) in [5, 5.41) is 20.5. The van der Waals surface area contributed by atoms with E-state index in [4.69, 9.17) is 16.3 Å². The first kappa shape index (κ1) is 18.4. The van der Waals surface area contributed by atoms with Crippen LogP contribution in [0.1, 0.15) is 20.8 Å². The topological polar surface area (TPSA) is 70.0 Å². The van der Waals surface area contributed by atoms with E-state index < -0.39 is 23.9 Å². The first-order valence-corrected chi connectivity index (χ1v) is 8.62. The highest BCUT2D eigenvalue weighted by molar-refractivity contribution is 8.00. The van der Waals surface area contributed by atoms with Gasteiger partial charge in [-0.2, -0.15) is 0 Å². The van der Waals surface area contributed by atoms with E-state index in [1.807, 2.05) is 12.1 Å². The van der Waals surface area contributed by atoms with Gasteiger partial charge in [-0.3, -0.25) is 0 Å². The molecule has 2 N–H and O–H groups in total. The first-order valence-electron chi connectivity index (χ1n) is 7.36. The third-order valence-corrected chi connectivity index (χ3v) is 5.14. The van der Waals surface area contributed by atoms with E-state index in [0.717, 1.165) is 4.90 Å².